The van der Waals surface area contributed by atoms with Gasteiger partial charge in [0.2, 0.25) is 0 Å². The average Bonchev–Trinajstić information content (AvgIpc) is 3.03. The molecule has 5 aliphatic rings. The van der Waals surface area contributed by atoms with E-state index in [-0.39, 0.29) is 0 Å². The molecule has 24 heteroatoms. The molecule has 0 atom stereocenters. The van der Waals surface area contributed by atoms with Crippen molar-refractivity contribution in [2.75, 3.05) is 0 Å². The van der Waals surface area contributed by atoms with Crippen molar-refractivity contribution in [3.63, 3.8) is 0 Å². The highest BCUT2D eigenvalue weighted by Gasteiger charge is 2.80. The second kappa shape index (κ2) is 7.10. The van der Waals surface area contributed by atoms with Crippen LogP contribution in [0.15, 0.2) is 0 Å². The summed E-state index contributed by atoms with van der Waals surface area (Å²) in [7, 11) is 0. The summed E-state index contributed by atoms with van der Waals surface area (Å²) in [5.74, 6) is 0. The fourth-order valence-electron chi connectivity index (χ4n) is 4.38. The Bertz CT molecular complexity index is 557. The minimum atomic E-state index is -2.99. The molecule has 5 saturated heterocycles. The summed E-state index contributed by atoms with van der Waals surface area (Å²) in [5, 5.41) is -4.43. The number of piperazine rings is 1. The van der Waals surface area contributed by atoms with E-state index < -0.39 is 99.8 Å². The number of hydrogen-bond acceptors (Lipinski definition) is 12. The van der Waals surface area contributed by atoms with Crippen LogP contribution in [-0.2, 0) is 0 Å². The molecule has 0 saturated carbocycles. The molecule has 0 aliphatic carbocycles. The maximum absolute atomic E-state index is 13.6. The van der Waals surface area contributed by atoms with Crippen molar-refractivity contribution in [3.05, 3.63) is 0 Å². The molecule has 0 aromatic heterocycles. The Morgan fingerprint density at radius 3 is 0.433 bits per heavy atom. The van der Waals surface area contributed by atoms with Crippen molar-refractivity contribution in [1.82, 2.24) is 62.8 Å². The van der Waals surface area contributed by atoms with Gasteiger partial charge in [-0.3, -0.25) is 0 Å². The van der Waals surface area contributed by atoms with E-state index in [1.165, 1.54) is 0 Å². The molecule has 5 aliphatic heterocycles. The summed E-state index contributed by atoms with van der Waals surface area (Å²) in [6, 6.07) is 0. The molecule has 0 radical (unpaired) electrons. The van der Waals surface area contributed by atoms with Gasteiger partial charge in [0.1, 0.15) is 69.7 Å². The lowest BCUT2D eigenvalue weighted by molar-refractivity contribution is -0.473. The molecular weight excluding hydrogens is 468 g/mol. The van der Waals surface area contributed by atoms with Crippen LogP contribution < -0.4 is 0 Å². The topological polar surface area (TPSA) is 38.9 Å². The van der Waals surface area contributed by atoms with Crippen molar-refractivity contribution in [2.24, 2.45) is 0 Å². The van der Waals surface area contributed by atoms with E-state index in [1.54, 1.807) is 0 Å². The van der Waals surface area contributed by atoms with Gasteiger partial charge in [-0.05, 0) is 0 Å². The highest BCUT2D eigenvalue weighted by Crippen LogP contribution is 2.54. The average molecular weight is 474 g/mol. The van der Waals surface area contributed by atoms with E-state index in [9.17, 15) is 53.8 Å². The van der Waals surface area contributed by atoms with E-state index in [4.69, 9.17) is 0 Å². The Labute approximate surface area is 155 Å². The van der Waals surface area contributed by atoms with Gasteiger partial charge in [-0.1, -0.05) is 53.8 Å². The fourth-order valence-corrected chi connectivity index (χ4v) is 4.38. The van der Waals surface area contributed by atoms with Gasteiger partial charge in [0.05, 0.1) is 0 Å². The van der Waals surface area contributed by atoms with Crippen molar-refractivity contribution in [3.8, 4) is 0 Å². The smallest absolute Gasteiger partial charge is 0.135 e. The molecule has 6 bridgehead atoms. The largest absolute Gasteiger partial charge is 0.141 e. The van der Waals surface area contributed by atoms with Crippen LogP contribution in [0.25, 0.3) is 0 Å². The molecule has 0 aromatic carbocycles. The third kappa shape index (κ3) is 2.57. The van der Waals surface area contributed by atoms with Crippen LogP contribution in [0.5, 0.6) is 0 Å². The zero-order chi connectivity index (χ0) is 22.4. The predicted molar refractivity (Wildman–Crippen MR) is 58.1 cm³/mol. The van der Waals surface area contributed by atoms with E-state index in [0.717, 1.165) is 0 Å². The van der Waals surface area contributed by atoms with E-state index >= 15 is 0 Å². The predicted octanol–water partition coefficient (Wildman–Crippen LogP) is 0.725. The van der Waals surface area contributed by atoms with Gasteiger partial charge < -0.3 is 0 Å². The minimum Gasteiger partial charge on any atom is -0.141 e. The highest BCUT2D eigenvalue weighted by atomic mass is 19.4. The standard InChI is InChI=1S/C6H6F12N12/c7-25(8)19-1-2-20(26(9)10)5(19)6-21(27(11)12)3(23(1)29(15)16)4(22(6)28(13)14)24(2)30(17)18/h1-6H. The van der Waals surface area contributed by atoms with Crippen molar-refractivity contribution in [1.29, 1.82) is 0 Å². The fraction of sp³-hybridized carbons (Fsp3) is 1.00. The maximum atomic E-state index is 13.6. The third-order valence-electron chi connectivity index (χ3n) is 5.10. The van der Waals surface area contributed by atoms with E-state index in [1.807, 2.05) is 0 Å². The molecular formula is C6H6F12N12. The van der Waals surface area contributed by atoms with Crippen LogP contribution in [0.1, 0.15) is 0 Å². The number of hydrogen-bond donors (Lipinski definition) is 0. The lowest BCUT2D eigenvalue weighted by Crippen LogP contribution is -2.77. The summed E-state index contributed by atoms with van der Waals surface area (Å²) in [5.41, 5.74) is -12.7. The summed E-state index contributed by atoms with van der Waals surface area (Å²) in [4.78, 5) is 0. The molecule has 0 aromatic rings. The number of hydrazine groups is 6. The third-order valence-corrected chi connectivity index (χ3v) is 5.10. The molecule has 0 spiro atoms. The van der Waals surface area contributed by atoms with E-state index in [2.05, 4.69) is 0 Å². The molecule has 0 N–H and O–H groups in total. The molecule has 5 fully saturated rings. The summed E-state index contributed by atoms with van der Waals surface area (Å²) < 4.78 is 163. The Balaban J connectivity index is 2.04. The molecule has 5 heterocycles. The Hall–Kier alpha value is -1.32. The first-order valence-electron chi connectivity index (χ1n) is 7.33. The zero-order valence-electron chi connectivity index (χ0n) is 13.4. The lowest BCUT2D eigenvalue weighted by atomic mass is 10.2. The summed E-state index contributed by atoms with van der Waals surface area (Å²) in [6.45, 7) is 0. The van der Waals surface area contributed by atoms with Gasteiger partial charge in [-0.25, -0.2) is 0 Å². The normalized spacial score (nSPS) is 39.0. The van der Waals surface area contributed by atoms with Crippen molar-refractivity contribution in [2.45, 2.75) is 37.0 Å². The second-order valence-electron chi connectivity index (χ2n) is 6.05. The number of halogens is 12. The van der Waals surface area contributed by atoms with Gasteiger partial charge in [-0.15, -0.1) is 30.1 Å². The van der Waals surface area contributed by atoms with Gasteiger partial charge >= 0.3 is 0 Å². The van der Waals surface area contributed by atoms with E-state index in [0.29, 0.717) is 0 Å². The second-order valence-corrected chi connectivity index (χ2v) is 6.05. The Morgan fingerprint density at radius 2 is 0.367 bits per heavy atom. The Morgan fingerprint density at radius 1 is 0.267 bits per heavy atom. The Kier molecular flexibility index (Phi) is 5.18. The van der Waals surface area contributed by atoms with Crippen molar-refractivity contribution < 1.29 is 53.8 Å². The summed E-state index contributed by atoms with van der Waals surface area (Å²) >= 11 is 0. The molecule has 0 amide bonds. The SMILES string of the molecule is FN(F)N1C2C3N(N(F)F)C1C1N(N(F)F)C(C(N1N(F)F)N3N(F)F)N2N(F)F. The first kappa shape index (κ1) is 21.9. The van der Waals surface area contributed by atoms with Crippen LogP contribution in [0.2, 0.25) is 0 Å². The number of nitrogens with zero attached hydrogens (tertiary/aromatic N) is 12. The quantitative estimate of drug-likeness (QED) is 0.403. The molecule has 30 heavy (non-hydrogen) atoms. The first-order valence-corrected chi connectivity index (χ1v) is 7.33. The van der Waals surface area contributed by atoms with Crippen LogP contribution in [0, 0.1) is 0 Å². The zero-order valence-corrected chi connectivity index (χ0v) is 13.4. The van der Waals surface area contributed by atoms with Crippen LogP contribution in [0.4, 0.5) is 53.8 Å². The molecule has 5 rings (SSSR count). The highest BCUT2D eigenvalue weighted by molar-refractivity contribution is 5.12. The van der Waals surface area contributed by atoms with Crippen LogP contribution in [0.3, 0.4) is 0 Å². The van der Waals surface area contributed by atoms with Crippen molar-refractivity contribution >= 4 is 0 Å². The lowest BCUT2D eigenvalue weighted by Gasteiger charge is -2.51. The van der Waals surface area contributed by atoms with Gasteiger partial charge in [0.25, 0.3) is 0 Å². The summed E-state index contributed by atoms with van der Waals surface area (Å²) in [6.07, 6.45) is -17.5. The van der Waals surface area contributed by atoms with Crippen LogP contribution >= 0.6 is 0 Å². The number of rotatable bonds is 6. The molecule has 12 nitrogen and oxygen atoms in total. The molecule has 174 valence electrons. The van der Waals surface area contributed by atoms with Gasteiger partial charge in [0, 0.05) is 0 Å². The first-order chi connectivity index (χ1) is 13.9. The van der Waals surface area contributed by atoms with Gasteiger partial charge in [0.15, 0.2) is 0 Å². The molecule has 0 unspecified atom stereocenters. The van der Waals surface area contributed by atoms with Crippen LogP contribution in [-0.4, -0.2) is 99.8 Å². The van der Waals surface area contributed by atoms with Gasteiger partial charge in [-0.2, -0.15) is 0 Å². The maximum Gasteiger partial charge on any atom is 0.135 e. The monoisotopic (exact) mass is 474 g/mol. The minimum absolute atomic E-state index is 0.729.